The highest BCUT2D eigenvalue weighted by atomic mass is 32.1. The topological polar surface area (TPSA) is 45.5 Å². The minimum absolute atomic E-state index is 0.0452. The molecule has 0 aliphatic heterocycles. The van der Waals surface area contributed by atoms with Gasteiger partial charge in [-0.05, 0) is 35.4 Å². The molecule has 0 aliphatic rings. The van der Waals surface area contributed by atoms with Crippen molar-refractivity contribution in [2.75, 3.05) is 6.54 Å². The summed E-state index contributed by atoms with van der Waals surface area (Å²) in [6.45, 7) is 1.80. The second-order valence-corrected chi connectivity index (χ2v) is 7.19. The fraction of sp³-hybridized carbons (Fsp3) is 0.235. The van der Waals surface area contributed by atoms with Gasteiger partial charge in [0.2, 0.25) is 0 Å². The van der Waals surface area contributed by atoms with Crippen molar-refractivity contribution in [2.45, 2.75) is 19.5 Å². The van der Waals surface area contributed by atoms with E-state index in [1.807, 2.05) is 34.5 Å². The monoisotopic (exact) mass is 346 g/mol. The average molecular weight is 346 g/mol. The van der Waals surface area contributed by atoms with Crippen molar-refractivity contribution in [1.29, 1.82) is 0 Å². The van der Waals surface area contributed by atoms with Crippen LogP contribution in [0.5, 0.6) is 0 Å². The first-order valence-corrected chi connectivity index (χ1v) is 9.16. The van der Waals surface area contributed by atoms with Crippen LogP contribution in [0.4, 0.5) is 4.79 Å². The van der Waals surface area contributed by atoms with Gasteiger partial charge in [-0.1, -0.05) is 12.1 Å². The highest BCUT2D eigenvalue weighted by Gasteiger charge is 2.15. The number of amides is 2. The first kappa shape index (κ1) is 15.8. The van der Waals surface area contributed by atoms with Crippen molar-refractivity contribution < 1.29 is 9.21 Å². The van der Waals surface area contributed by atoms with Gasteiger partial charge < -0.3 is 14.6 Å². The molecule has 0 saturated carbocycles. The zero-order valence-electron chi connectivity index (χ0n) is 12.6. The van der Waals surface area contributed by atoms with Crippen molar-refractivity contribution in [3.8, 4) is 0 Å². The van der Waals surface area contributed by atoms with Gasteiger partial charge in [-0.2, -0.15) is 0 Å². The van der Waals surface area contributed by atoms with Crippen LogP contribution in [0.1, 0.15) is 15.3 Å². The number of hydrogen-bond donors (Lipinski definition) is 1. The van der Waals surface area contributed by atoms with Crippen LogP contribution in [0.25, 0.3) is 0 Å². The smallest absolute Gasteiger partial charge is 0.318 e. The molecule has 4 nitrogen and oxygen atoms in total. The summed E-state index contributed by atoms with van der Waals surface area (Å²) >= 11 is 3.37. The summed E-state index contributed by atoms with van der Waals surface area (Å²) in [5, 5.41) is 7.08. The molecule has 0 aromatic carbocycles. The van der Waals surface area contributed by atoms with Gasteiger partial charge in [0, 0.05) is 21.9 Å². The first-order valence-electron chi connectivity index (χ1n) is 7.40. The second kappa shape index (κ2) is 7.99. The summed E-state index contributed by atoms with van der Waals surface area (Å²) in [6, 6.07) is 10.0. The number of carbonyl (C=O) groups excluding carboxylic acids is 1. The molecule has 3 aromatic heterocycles. The molecule has 0 aliphatic carbocycles. The van der Waals surface area contributed by atoms with E-state index in [0.29, 0.717) is 19.6 Å². The first-order chi connectivity index (χ1) is 11.3. The predicted molar refractivity (Wildman–Crippen MR) is 93.7 cm³/mol. The molecule has 2 amide bonds. The lowest BCUT2D eigenvalue weighted by Gasteiger charge is -2.22. The van der Waals surface area contributed by atoms with E-state index >= 15 is 0 Å². The Morgan fingerprint density at radius 1 is 1.13 bits per heavy atom. The highest BCUT2D eigenvalue weighted by Crippen LogP contribution is 2.13. The Balaban J connectivity index is 1.59. The molecule has 23 heavy (non-hydrogen) atoms. The minimum Gasteiger partial charge on any atom is -0.472 e. The van der Waals surface area contributed by atoms with Crippen molar-refractivity contribution in [2.24, 2.45) is 0 Å². The van der Waals surface area contributed by atoms with Crippen molar-refractivity contribution >= 4 is 28.7 Å². The van der Waals surface area contributed by atoms with E-state index in [1.54, 1.807) is 35.2 Å². The number of nitrogens with one attached hydrogen (secondary N) is 1. The number of nitrogens with zero attached hydrogens (tertiary/aromatic N) is 1. The van der Waals surface area contributed by atoms with Gasteiger partial charge in [0.15, 0.2) is 0 Å². The maximum absolute atomic E-state index is 12.5. The lowest BCUT2D eigenvalue weighted by molar-refractivity contribution is 0.195. The molecule has 3 heterocycles. The molecule has 0 saturated heterocycles. The molecular formula is C17H18N2O2S2. The standard InChI is InChI=1S/C17H18N2O2S2/c20-17(18-11-16-4-2-10-23-16)19(12-14-6-8-21-13-14)7-5-15-3-1-9-22-15/h1-4,6,8-10,13H,5,7,11-12H2,(H,18,20). The Morgan fingerprint density at radius 3 is 2.57 bits per heavy atom. The molecule has 0 radical (unpaired) electrons. The molecule has 3 aromatic rings. The third-order valence-electron chi connectivity index (χ3n) is 3.44. The summed E-state index contributed by atoms with van der Waals surface area (Å²) in [6.07, 6.45) is 4.18. The van der Waals surface area contributed by atoms with E-state index in [0.717, 1.165) is 16.9 Å². The molecule has 6 heteroatoms. The molecule has 120 valence electrons. The molecule has 1 N–H and O–H groups in total. The number of furan rings is 1. The van der Waals surface area contributed by atoms with Gasteiger partial charge in [0.05, 0.1) is 25.6 Å². The molecule has 3 rings (SSSR count). The van der Waals surface area contributed by atoms with Crippen LogP contribution < -0.4 is 5.32 Å². The number of thiophene rings is 2. The predicted octanol–water partition coefficient (Wildman–Crippen LogP) is 4.36. The van der Waals surface area contributed by atoms with E-state index in [9.17, 15) is 4.79 Å². The quantitative estimate of drug-likeness (QED) is 0.691. The summed E-state index contributed by atoms with van der Waals surface area (Å²) in [5.74, 6) is 0. The average Bonchev–Trinajstić information content (AvgIpc) is 3.32. The fourth-order valence-corrected chi connectivity index (χ4v) is 3.59. The lowest BCUT2D eigenvalue weighted by atomic mass is 10.3. The Labute approximate surface area is 143 Å². The van der Waals surface area contributed by atoms with Gasteiger partial charge in [0.25, 0.3) is 0 Å². The van der Waals surface area contributed by atoms with Crippen LogP contribution in [0.2, 0.25) is 0 Å². The van der Waals surface area contributed by atoms with E-state index in [-0.39, 0.29) is 6.03 Å². The van der Waals surface area contributed by atoms with Crippen LogP contribution >= 0.6 is 22.7 Å². The largest absolute Gasteiger partial charge is 0.472 e. The number of rotatable bonds is 7. The Morgan fingerprint density at radius 2 is 1.91 bits per heavy atom. The zero-order valence-corrected chi connectivity index (χ0v) is 14.2. The summed E-state index contributed by atoms with van der Waals surface area (Å²) in [5.41, 5.74) is 1.00. The lowest BCUT2D eigenvalue weighted by Crippen LogP contribution is -2.40. The van der Waals surface area contributed by atoms with Gasteiger partial charge >= 0.3 is 6.03 Å². The van der Waals surface area contributed by atoms with Crippen LogP contribution in [-0.2, 0) is 19.5 Å². The van der Waals surface area contributed by atoms with Gasteiger partial charge in [-0.25, -0.2) is 4.79 Å². The summed E-state index contributed by atoms with van der Waals surface area (Å²) in [7, 11) is 0. The highest BCUT2D eigenvalue weighted by molar-refractivity contribution is 7.10. The van der Waals surface area contributed by atoms with Crippen molar-refractivity contribution in [3.05, 3.63) is 68.9 Å². The third kappa shape index (κ3) is 4.71. The van der Waals surface area contributed by atoms with Gasteiger partial charge in [-0.15, -0.1) is 22.7 Å². The second-order valence-electron chi connectivity index (χ2n) is 5.12. The van der Waals surface area contributed by atoms with E-state index < -0.39 is 0 Å². The zero-order chi connectivity index (χ0) is 15.9. The molecule has 0 unspecified atom stereocenters. The maximum atomic E-state index is 12.5. The Hall–Kier alpha value is -2.05. The van der Waals surface area contributed by atoms with E-state index in [4.69, 9.17) is 4.42 Å². The SMILES string of the molecule is O=C(NCc1cccs1)N(CCc1cccs1)Cc1ccoc1. The van der Waals surface area contributed by atoms with Gasteiger partial charge in [0.1, 0.15) is 0 Å². The maximum Gasteiger partial charge on any atom is 0.318 e. The van der Waals surface area contributed by atoms with Gasteiger partial charge in [-0.3, -0.25) is 0 Å². The fourth-order valence-electron chi connectivity index (χ4n) is 2.24. The number of hydrogen-bond acceptors (Lipinski definition) is 4. The van der Waals surface area contributed by atoms with Crippen LogP contribution in [0, 0.1) is 0 Å². The molecule has 0 atom stereocenters. The van der Waals surface area contributed by atoms with Crippen LogP contribution in [0.3, 0.4) is 0 Å². The number of carbonyl (C=O) groups is 1. The summed E-state index contributed by atoms with van der Waals surface area (Å²) in [4.78, 5) is 16.8. The minimum atomic E-state index is -0.0452. The molecule has 0 spiro atoms. The molecule has 0 bridgehead atoms. The number of urea groups is 1. The Bertz CT molecular complexity index is 691. The van der Waals surface area contributed by atoms with Crippen molar-refractivity contribution in [1.82, 2.24) is 10.2 Å². The molecule has 0 fully saturated rings. The molecular weight excluding hydrogens is 328 g/mol. The van der Waals surface area contributed by atoms with E-state index in [2.05, 4.69) is 16.8 Å². The van der Waals surface area contributed by atoms with Crippen LogP contribution in [0.15, 0.2) is 58.0 Å². The van der Waals surface area contributed by atoms with Crippen molar-refractivity contribution in [3.63, 3.8) is 0 Å². The van der Waals surface area contributed by atoms with Crippen LogP contribution in [-0.4, -0.2) is 17.5 Å². The summed E-state index contributed by atoms with van der Waals surface area (Å²) < 4.78 is 5.11. The third-order valence-corrected chi connectivity index (χ3v) is 5.26. The normalized spacial score (nSPS) is 10.6. The van der Waals surface area contributed by atoms with E-state index in [1.165, 1.54) is 4.88 Å². The Kier molecular flexibility index (Phi) is 5.50.